The molecule has 1 aromatic carbocycles. The van der Waals surface area contributed by atoms with E-state index in [0.717, 1.165) is 5.69 Å². The Morgan fingerprint density at radius 3 is 2.40 bits per heavy atom. The van der Waals surface area contributed by atoms with E-state index in [1.54, 1.807) is 24.3 Å². The van der Waals surface area contributed by atoms with Crippen molar-refractivity contribution < 1.29 is 0 Å². The third-order valence-electron chi connectivity index (χ3n) is 1.58. The Morgan fingerprint density at radius 2 is 1.87 bits per heavy atom. The van der Waals surface area contributed by atoms with Crippen molar-refractivity contribution in [3.8, 4) is 0 Å². The summed E-state index contributed by atoms with van der Waals surface area (Å²) in [6.45, 7) is 0. The van der Waals surface area contributed by atoms with Crippen molar-refractivity contribution in [1.82, 2.24) is 0 Å². The summed E-state index contributed by atoms with van der Waals surface area (Å²) < 4.78 is 0. The quantitative estimate of drug-likeness (QED) is 0.492. The summed E-state index contributed by atoms with van der Waals surface area (Å²) in [5, 5.41) is 3.50. The van der Waals surface area contributed by atoms with Gasteiger partial charge in [0.15, 0.2) is 0 Å². The second kappa shape index (κ2) is 5.21. The van der Waals surface area contributed by atoms with Crippen LogP contribution < -0.4 is 16.8 Å². The zero-order valence-electron chi connectivity index (χ0n) is 8.24. The molecule has 0 saturated heterocycles. The Balaban J connectivity index is 2.70. The van der Waals surface area contributed by atoms with Crippen LogP contribution in [0.4, 0.5) is 5.69 Å². The highest BCUT2D eigenvalue weighted by Gasteiger charge is 1.95. The lowest BCUT2D eigenvalue weighted by Gasteiger charge is -2.04. The Labute approximate surface area is 92.8 Å². The molecule has 15 heavy (non-hydrogen) atoms. The number of hydrogen-bond donors (Lipinski definition) is 3. The molecule has 1 rings (SSSR count). The molecule has 0 aliphatic rings. The van der Waals surface area contributed by atoms with Gasteiger partial charge in [-0.15, -0.1) is 0 Å². The number of nitrogens with zero attached hydrogens (tertiary/aromatic N) is 2. The summed E-state index contributed by atoms with van der Waals surface area (Å²) in [5.41, 5.74) is 11.7. The Bertz CT molecular complexity index is 382. The van der Waals surface area contributed by atoms with Gasteiger partial charge in [0.2, 0.25) is 11.9 Å². The number of nitrogens with one attached hydrogen (secondary N) is 1. The highest BCUT2D eigenvalue weighted by atomic mass is 35.5. The van der Waals surface area contributed by atoms with Gasteiger partial charge in [-0.2, -0.15) is 4.99 Å². The van der Waals surface area contributed by atoms with E-state index in [9.17, 15) is 0 Å². The number of nitrogens with two attached hydrogens (primary N) is 2. The van der Waals surface area contributed by atoms with Crippen LogP contribution in [0.15, 0.2) is 34.3 Å². The van der Waals surface area contributed by atoms with E-state index >= 15 is 0 Å². The van der Waals surface area contributed by atoms with E-state index in [1.807, 2.05) is 0 Å². The van der Waals surface area contributed by atoms with Gasteiger partial charge in [-0.05, 0) is 24.3 Å². The number of anilines is 1. The first kappa shape index (κ1) is 11.3. The molecule has 0 aliphatic heterocycles. The molecular weight excluding hydrogens is 214 g/mol. The van der Waals surface area contributed by atoms with Crippen molar-refractivity contribution in [3.05, 3.63) is 29.3 Å². The molecule has 1 aromatic rings. The minimum Gasteiger partial charge on any atom is -0.369 e. The average molecular weight is 226 g/mol. The largest absolute Gasteiger partial charge is 0.369 e. The van der Waals surface area contributed by atoms with Crippen molar-refractivity contribution in [1.29, 1.82) is 0 Å². The molecular formula is C9H12ClN5. The van der Waals surface area contributed by atoms with Crippen molar-refractivity contribution >= 4 is 29.2 Å². The summed E-state index contributed by atoms with van der Waals surface area (Å²) in [6.07, 6.45) is 0. The van der Waals surface area contributed by atoms with Gasteiger partial charge in [0, 0.05) is 17.8 Å². The molecule has 6 heteroatoms. The lowest BCUT2D eigenvalue weighted by Crippen LogP contribution is -2.25. The fourth-order valence-electron chi connectivity index (χ4n) is 0.882. The van der Waals surface area contributed by atoms with Gasteiger partial charge in [0.1, 0.15) is 0 Å². The summed E-state index contributed by atoms with van der Waals surface area (Å²) in [5.74, 6) is 0.300. The highest BCUT2D eigenvalue weighted by Crippen LogP contribution is 2.12. The SMILES string of the molecule is CN=C(N)/N=C(\N)Nc1ccc(Cl)cc1. The molecule has 0 aliphatic carbocycles. The standard InChI is InChI=1S/C9H12ClN5/c1-13-8(11)15-9(12)14-7-4-2-6(10)3-5-7/h2-5H,1H3,(H5,11,12,13,14,15). The molecule has 0 unspecified atom stereocenters. The Hall–Kier alpha value is -1.75. The number of halogens is 1. The van der Waals surface area contributed by atoms with Gasteiger partial charge in [0.05, 0.1) is 0 Å². The molecule has 0 fully saturated rings. The van der Waals surface area contributed by atoms with Gasteiger partial charge in [-0.25, -0.2) is 0 Å². The third-order valence-corrected chi connectivity index (χ3v) is 1.83. The smallest absolute Gasteiger partial charge is 0.218 e. The first-order valence-electron chi connectivity index (χ1n) is 4.21. The van der Waals surface area contributed by atoms with Crippen LogP contribution in [0.25, 0.3) is 0 Å². The molecule has 0 atom stereocenters. The van der Waals surface area contributed by atoms with E-state index in [4.69, 9.17) is 23.1 Å². The molecule has 0 aromatic heterocycles. The minimum atomic E-state index is 0.119. The van der Waals surface area contributed by atoms with Crippen LogP contribution in [0.2, 0.25) is 5.02 Å². The van der Waals surface area contributed by atoms with Gasteiger partial charge in [0.25, 0.3) is 0 Å². The maximum absolute atomic E-state index is 5.73. The maximum atomic E-state index is 5.73. The number of guanidine groups is 2. The predicted molar refractivity (Wildman–Crippen MR) is 64.2 cm³/mol. The van der Waals surface area contributed by atoms with Gasteiger partial charge >= 0.3 is 0 Å². The molecule has 0 spiro atoms. The van der Waals surface area contributed by atoms with Crippen LogP contribution in [0.3, 0.4) is 0 Å². The van der Waals surface area contributed by atoms with Crippen LogP contribution in [0.1, 0.15) is 0 Å². The number of rotatable bonds is 1. The van der Waals surface area contributed by atoms with Gasteiger partial charge < -0.3 is 16.8 Å². The molecule has 80 valence electrons. The van der Waals surface area contributed by atoms with Crippen molar-refractivity contribution in [2.45, 2.75) is 0 Å². The van der Waals surface area contributed by atoms with Gasteiger partial charge in [-0.1, -0.05) is 11.6 Å². The zero-order chi connectivity index (χ0) is 11.3. The summed E-state index contributed by atoms with van der Waals surface area (Å²) in [7, 11) is 1.54. The molecule has 5 nitrogen and oxygen atoms in total. The Morgan fingerprint density at radius 1 is 1.27 bits per heavy atom. The van der Waals surface area contributed by atoms with E-state index in [-0.39, 0.29) is 11.9 Å². The van der Waals surface area contributed by atoms with E-state index in [1.165, 1.54) is 7.05 Å². The van der Waals surface area contributed by atoms with E-state index < -0.39 is 0 Å². The van der Waals surface area contributed by atoms with Crippen molar-refractivity contribution in [2.75, 3.05) is 12.4 Å². The fraction of sp³-hybridized carbons (Fsp3) is 0.111. The predicted octanol–water partition coefficient (Wildman–Crippen LogP) is 1.01. The second-order valence-electron chi connectivity index (χ2n) is 2.71. The summed E-state index contributed by atoms with van der Waals surface area (Å²) in [6, 6.07) is 7.05. The average Bonchev–Trinajstić information content (AvgIpc) is 2.21. The number of hydrogen-bond acceptors (Lipinski definition) is 1. The summed E-state index contributed by atoms with van der Waals surface area (Å²) >= 11 is 5.73. The lowest BCUT2D eigenvalue weighted by molar-refractivity contribution is 1.34. The monoisotopic (exact) mass is 225 g/mol. The van der Waals surface area contributed by atoms with Crippen LogP contribution in [0, 0.1) is 0 Å². The van der Waals surface area contributed by atoms with Crippen molar-refractivity contribution in [2.24, 2.45) is 21.5 Å². The minimum absolute atomic E-state index is 0.119. The second-order valence-corrected chi connectivity index (χ2v) is 3.15. The van der Waals surface area contributed by atoms with Crippen LogP contribution in [0.5, 0.6) is 0 Å². The van der Waals surface area contributed by atoms with Crippen LogP contribution >= 0.6 is 11.6 Å². The first-order chi connectivity index (χ1) is 7.11. The molecule has 0 saturated carbocycles. The number of benzene rings is 1. The number of aliphatic imine (C=N–C) groups is 2. The topological polar surface area (TPSA) is 88.8 Å². The summed E-state index contributed by atoms with van der Waals surface area (Å²) in [4.78, 5) is 7.44. The zero-order valence-corrected chi connectivity index (χ0v) is 8.99. The van der Waals surface area contributed by atoms with Crippen LogP contribution in [-0.2, 0) is 0 Å². The first-order valence-corrected chi connectivity index (χ1v) is 4.58. The third kappa shape index (κ3) is 3.86. The van der Waals surface area contributed by atoms with Crippen molar-refractivity contribution in [3.63, 3.8) is 0 Å². The molecule has 0 amide bonds. The Kier molecular flexibility index (Phi) is 3.93. The van der Waals surface area contributed by atoms with E-state index in [0.29, 0.717) is 5.02 Å². The van der Waals surface area contributed by atoms with E-state index in [2.05, 4.69) is 15.3 Å². The molecule has 0 radical (unpaired) electrons. The molecule has 0 heterocycles. The fourth-order valence-corrected chi connectivity index (χ4v) is 1.01. The van der Waals surface area contributed by atoms with Gasteiger partial charge in [-0.3, -0.25) is 4.99 Å². The molecule has 0 bridgehead atoms. The normalized spacial score (nSPS) is 12.7. The highest BCUT2D eigenvalue weighted by molar-refractivity contribution is 6.30. The van der Waals surface area contributed by atoms with Crippen LogP contribution in [-0.4, -0.2) is 19.0 Å². The lowest BCUT2D eigenvalue weighted by atomic mass is 10.3. The maximum Gasteiger partial charge on any atom is 0.218 e. The molecule has 5 N–H and O–H groups in total.